The molecule has 6 heteroatoms. The van der Waals surface area contributed by atoms with E-state index in [9.17, 15) is 4.79 Å². The second-order valence-corrected chi connectivity index (χ2v) is 5.78. The number of hydrogen-bond donors (Lipinski definition) is 3. The SMILES string of the molecule is CCNC(=NCc1ccc(C)cc1)NCC(C)(C)C(N)=O.I. The molecule has 124 valence electrons. The zero-order chi connectivity index (χ0) is 15.9. The lowest BCUT2D eigenvalue weighted by molar-refractivity contribution is -0.125. The number of aryl methyl sites for hydroxylation is 1. The number of rotatable bonds is 6. The smallest absolute Gasteiger partial charge is 0.224 e. The molecule has 1 aromatic carbocycles. The first-order valence-electron chi connectivity index (χ1n) is 7.23. The van der Waals surface area contributed by atoms with Crippen molar-refractivity contribution in [1.29, 1.82) is 0 Å². The number of nitrogens with one attached hydrogen (secondary N) is 2. The molecule has 0 aromatic heterocycles. The van der Waals surface area contributed by atoms with Crippen molar-refractivity contribution >= 4 is 35.8 Å². The molecule has 1 amide bonds. The number of halogens is 1. The van der Waals surface area contributed by atoms with Crippen LogP contribution >= 0.6 is 24.0 Å². The number of guanidine groups is 1. The molecule has 0 saturated carbocycles. The number of benzene rings is 1. The molecule has 0 heterocycles. The Hall–Kier alpha value is -1.31. The van der Waals surface area contributed by atoms with E-state index in [1.54, 1.807) is 0 Å². The third-order valence-electron chi connectivity index (χ3n) is 3.25. The van der Waals surface area contributed by atoms with Gasteiger partial charge in [-0.25, -0.2) is 4.99 Å². The fourth-order valence-electron chi connectivity index (χ4n) is 1.60. The van der Waals surface area contributed by atoms with Crippen molar-refractivity contribution < 1.29 is 4.79 Å². The lowest BCUT2D eigenvalue weighted by atomic mass is 9.93. The minimum Gasteiger partial charge on any atom is -0.369 e. The summed E-state index contributed by atoms with van der Waals surface area (Å²) in [6.45, 7) is 9.48. The Kier molecular flexibility index (Phi) is 9.08. The fourth-order valence-corrected chi connectivity index (χ4v) is 1.60. The third-order valence-corrected chi connectivity index (χ3v) is 3.25. The van der Waals surface area contributed by atoms with Gasteiger partial charge in [0.2, 0.25) is 5.91 Å². The van der Waals surface area contributed by atoms with E-state index in [-0.39, 0.29) is 29.9 Å². The van der Waals surface area contributed by atoms with E-state index >= 15 is 0 Å². The largest absolute Gasteiger partial charge is 0.369 e. The highest BCUT2D eigenvalue weighted by Gasteiger charge is 2.24. The highest BCUT2D eigenvalue weighted by atomic mass is 127. The van der Waals surface area contributed by atoms with Crippen molar-refractivity contribution in [2.45, 2.75) is 34.2 Å². The number of primary amides is 1. The van der Waals surface area contributed by atoms with Crippen molar-refractivity contribution in [2.24, 2.45) is 16.1 Å². The maximum atomic E-state index is 11.3. The van der Waals surface area contributed by atoms with E-state index < -0.39 is 5.41 Å². The van der Waals surface area contributed by atoms with E-state index in [0.717, 1.165) is 12.1 Å². The van der Waals surface area contributed by atoms with Crippen LogP contribution in [-0.2, 0) is 11.3 Å². The Labute approximate surface area is 150 Å². The molecule has 0 aliphatic carbocycles. The quantitative estimate of drug-likeness (QED) is 0.377. The first-order chi connectivity index (χ1) is 9.85. The van der Waals surface area contributed by atoms with Crippen LogP contribution in [0.15, 0.2) is 29.3 Å². The predicted molar refractivity (Wildman–Crippen MR) is 102 cm³/mol. The Morgan fingerprint density at radius 3 is 2.32 bits per heavy atom. The van der Waals surface area contributed by atoms with E-state index in [2.05, 4.69) is 46.8 Å². The van der Waals surface area contributed by atoms with Crippen molar-refractivity contribution in [1.82, 2.24) is 10.6 Å². The third kappa shape index (κ3) is 7.11. The van der Waals surface area contributed by atoms with Gasteiger partial charge in [0.15, 0.2) is 5.96 Å². The van der Waals surface area contributed by atoms with Crippen molar-refractivity contribution in [3.05, 3.63) is 35.4 Å². The predicted octanol–water partition coefficient (Wildman–Crippen LogP) is 2.18. The topological polar surface area (TPSA) is 79.5 Å². The van der Waals surface area contributed by atoms with Crippen LogP contribution in [0.1, 0.15) is 31.9 Å². The fraction of sp³-hybridized carbons (Fsp3) is 0.500. The van der Waals surface area contributed by atoms with Crippen LogP contribution in [0.3, 0.4) is 0 Å². The second kappa shape index (κ2) is 9.66. The molecule has 0 aliphatic rings. The van der Waals surface area contributed by atoms with Gasteiger partial charge in [0.05, 0.1) is 12.0 Å². The number of nitrogens with zero attached hydrogens (tertiary/aromatic N) is 1. The van der Waals surface area contributed by atoms with Crippen molar-refractivity contribution in [3.63, 3.8) is 0 Å². The molecule has 4 N–H and O–H groups in total. The summed E-state index contributed by atoms with van der Waals surface area (Å²) < 4.78 is 0. The van der Waals surface area contributed by atoms with E-state index in [0.29, 0.717) is 19.0 Å². The standard InChI is InChI=1S/C16H26N4O.HI/c1-5-18-15(20-11-16(3,4)14(17)21)19-10-13-8-6-12(2)7-9-13;/h6-9H,5,10-11H2,1-4H3,(H2,17,21)(H2,18,19,20);1H. The van der Waals surface area contributed by atoms with Gasteiger partial charge < -0.3 is 16.4 Å². The summed E-state index contributed by atoms with van der Waals surface area (Å²) in [5.41, 5.74) is 7.14. The zero-order valence-electron chi connectivity index (χ0n) is 13.8. The number of amides is 1. The number of aliphatic imine (C=N–C) groups is 1. The molecule has 0 aliphatic heterocycles. The molecule has 0 spiro atoms. The van der Waals surface area contributed by atoms with Crippen LogP contribution in [0.4, 0.5) is 0 Å². The molecule has 1 aromatic rings. The average molecular weight is 418 g/mol. The molecule has 0 atom stereocenters. The van der Waals surface area contributed by atoms with Gasteiger partial charge in [0.1, 0.15) is 0 Å². The normalized spacial score (nSPS) is 11.5. The summed E-state index contributed by atoms with van der Waals surface area (Å²) in [5, 5.41) is 6.32. The lowest BCUT2D eigenvalue weighted by Crippen LogP contribution is -2.46. The molecule has 0 fully saturated rings. The van der Waals surface area contributed by atoms with E-state index in [4.69, 9.17) is 5.73 Å². The molecular weight excluding hydrogens is 391 g/mol. The summed E-state index contributed by atoms with van der Waals surface area (Å²) >= 11 is 0. The van der Waals surface area contributed by atoms with Gasteiger partial charge in [-0.05, 0) is 33.3 Å². The Morgan fingerprint density at radius 1 is 1.23 bits per heavy atom. The number of carbonyl (C=O) groups is 1. The van der Waals surface area contributed by atoms with Crippen LogP contribution in [0.5, 0.6) is 0 Å². The maximum absolute atomic E-state index is 11.3. The van der Waals surface area contributed by atoms with E-state index in [1.807, 2.05) is 20.8 Å². The summed E-state index contributed by atoms with van der Waals surface area (Å²) in [7, 11) is 0. The molecule has 0 saturated heterocycles. The van der Waals surface area contributed by atoms with Gasteiger partial charge in [0, 0.05) is 13.1 Å². The monoisotopic (exact) mass is 418 g/mol. The first-order valence-corrected chi connectivity index (χ1v) is 7.23. The summed E-state index contributed by atoms with van der Waals surface area (Å²) in [6.07, 6.45) is 0. The molecule has 0 bridgehead atoms. The minimum absolute atomic E-state index is 0. The first kappa shape index (κ1) is 20.7. The summed E-state index contributed by atoms with van der Waals surface area (Å²) in [5.74, 6) is 0.358. The van der Waals surface area contributed by atoms with Gasteiger partial charge >= 0.3 is 0 Å². The highest BCUT2D eigenvalue weighted by molar-refractivity contribution is 14.0. The van der Waals surface area contributed by atoms with Crippen LogP contribution in [0.2, 0.25) is 0 Å². The molecule has 5 nitrogen and oxygen atoms in total. The van der Waals surface area contributed by atoms with Crippen LogP contribution in [0, 0.1) is 12.3 Å². The second-order valence-electron chi connectivity index (χ2n) is 5.78. The van der Waals surface area contributed by atoms with Gasteiger partial charge in [-0.3, -0.25) is 4.79 Å². The molecule has 0 unspecified atom stereocenters. The Morgan fingerprint density at radius 2 is 1.82 bits per heavy atom. The molecule has 0 radical (unpaired) electrons. The summed E-state index contributed by atoms with van der Waals surface area (Å²) in [4.78, 5) is 15.8. The van der Waals surface area contributed by atoms with Crippen LogP contribution in [0.25, 0.3) is 0 Å². The minimum atomic E-state index is -0.611. The Bertz CT molecular complexity index is 497. The lowest BCUT2D eigenvalue weighted by Gasteiger charge is -2.22. The van der Waals surface area contributed by atoms with Gasteiger partial charge in [-0.1, -0.05) is 29.8 Å². The van der Waals surface area contributed by atoms with Gasteiger partial charge in [-0.2, -0.15) is 0 Å². The molecule has 1 rings (SSSR count). The molecular formula is C16H27IN4O. The summed E-state index contributed by atoms with van der Waals surface area (Å²) in [6, 6.07) is 8.27. The van der Waals surface area contributed by atoms with Crippen LogP contribution < -0.4 is 16.4 Å². The molecule has 22 heavy (non-hydrogen) atoms. The number of carbonyl (C=O) groups excluding carboxylic acids is 1. The van der Waals surface area contributed by atoms with Crippen molar-refractivity contribution in [3.8, 4) is 0 Å². The Balaban J connectivity index is 0.00000441. The van der Waals surface area contributed by atoms with E-state index in [1.165, 1.54) is 5.56 Å². The number of nitrogens with two attached hydrogens (primary N) is 1. The maximum Gasteiger partial charge on any atom is 0.224 e. The van der Waals surface area contributed by atoms with Gasteiger partial charge in [-0.15, -0.1) is 24.0 Å². The van der Waals surface area contributed by atoms with Crippen LogP contribution in [-0.4, -0.2) is 25.0 Å². The van der Waals surface area contributed by atoms with Crippen molar-refractivity contribution in [2.75, 3.05) is 13.1 Å². The average Bonchev–Trinajstić information content (AvgIpc) is 2.43. The number of hydrogen-bond acceptors (Lipinski definition) is 2. The zero-order valence-corrected chi connectivity index (χ0v) is 16.1. The highest BCUT2D eigenvalue weighted by Crippen LogP contribution is 2.11. The van der Waals surface area contributed by atoms with Gasteiger partial charge in [0.25, 0.3) is 0 Å².